The van der Waals surface area contributed by atoms with Crippen molar-refractivity contribution in [1.82, 2.24) is 14.7 Å². The number of nitrogens with one attached hydrogen (secondary N) is 1. The Morgan fingerprint density at radius 3 is 2.78 bits per heavy atom. The highest BCUT2D eigenvalue weighted by Gasteiger charge is 2.28. The van der Waals surface area contributed by atoms with Gasteiger partial charge in [-0.05, 0) is 31.1 Å². The van der Waals surface area contributed by atoms with E-state index in [9.17, 15) is 18.0 Å². The van der Waals surface area contributed by atoms with E-state index < -0.39 is 12.7 Å². The van der Waals surface area contributed by atoms with Crippen LogP contribution in [0, 0.1) is 11.8 Å². The number of anilines is 1. The second-order valence-corrected chi connectivity index (χ2v) is 6.39. The lowest BCUT2D eigenvalue weighted by molar-refractivity contribution is -0.142. The van der Waals surface area contributed by atoms with Crippen LogP contribution in [-0.2, 0) is 6.54 Å². The number of amides is 2. The molecular formula is C15H23F3N4O. The van der Waals surface area contributed by atoms with E-state index >= 15 is 0 Å². The van der Waals surface area contributed by atoms with Gasteiger partial charge in [-0.2, -0.15) is 18.3 Å². The van der Waals surface area contributed by atoms with Gasteiger partial charge in [-0.15, -0.1) is 0 Å². The van der Waals surface area contributed by atoms with Crippen LogP contribution in [0.1, 0.15) is 33.1 Å². The zero-order chi connectivity index (χ0) is 17.0. The van der Waals surface area contributed by atoms with E-state index in [-0.39, 0.29) is 11.7 Å². The minimum atomic E-state index is -4.33. The molecule has 0 saturated carbocycles. The Morgan fingerprint density at radius 2 is 2.13 bits per heavy atom. The van der Waals surface area contributed by atoms with Gasteiger partial charge in [-0.3, -0.25) is 4.68 Å². The summed E-state index contributed by atoms with van der Waals surface area (Å²) in [4.78, 5) is 14.0. The first-order chi connectivity index (χ1) is 10.7. The molecule has 1 aliphatic heterocycles. The maximum absolute atomic E-state index is 12.3. The standard InChI is InChI=1S/C15H23F3N4O/c1-11(2)12-4-3-6-21(7-5-12)14(23)20-13-8-19-22(9-13)10-15(16,17)18/h8-9,11-12H,3-7,10H2,1-2H3,(H,20,23). The van der Waals surface area contributed by atoms with E-state index in [0.717, 1.165) is 23.9 Å². The maximum Gasteiger partial charge on any atom is 0.408 e. The summed E-state index contributed by atoms with van der Waals surface area (Å²) in [5, 5.41) is 6.24. The number of rotatable bonds is 3. The third kappa shape index (κ3) is 5.44. The fourth-order valence-corrected chi connectivity index (χ4v) is 2.89. The fourth-order valence-electron chi connectivity index (χ4n) is 2.89. The number of aromatic nitrogens is 2. The molecule has 0 bridgehead atoms. The Hall–Kier alpha value is -1.73. The van der Waals surface area contributed by atoms with Crippen molar-refractivity contribution < 1.29 is 18.0 Å². The molecule has 2 amide bonds. The largest absolute Gasteiger partial charge is 0.408 e. The van der Waals surface area contributed by atoms with Gasteiger partial charge in [0.25, 0.3) is 0 Å². The highest BCUT2D eigenvalue weighted by molar-refractivity contribution is 5.89. The maximum atomic E-state index is 12.3. The highest BCUT2D eigenvalue weighted by atomic mass is 19.4. The van der Waals surface area contributed by atoms with E-state index in [4.69, 9.17) is 0 Å². The van der Waals surface area contributed by atoms with Gasteiger partial charge in [0.15, 0.2) is 0 Å². The van der Waals surface area contributed by atoms with Gasteiger partial charge in [-0.25, -0.2) is 4.79 Å². The van der Waals surface area contributed by atoms with Crippen molar-refractivity contribution in [2.45, 2.75) is 45.8 Å². The van der Waals surface area contributed by atoms with E-state index in [0.29, 0.717) is 24.9 Å². The Bertz CT molecular complexity index is 527. The van der Waals surface area contributed by atoms with Gasteiger partial charge in [0.2, 0.25) is 0 Å². The summed E-state index contributed by atoms with van der Waals surface area (Å²) in [5.41, 5.74) is 0.281. The Balaban J connectivity index is 1.89. The summed E-state index contributed by atoms with van der Waals surface area (Å²) in [6.45, 7) is 4.56. The first-order valence-corrected chi connectivity index (χ1v) is 7.90. The van der Waals surface area contributed by atoms with Crippen LogP contribution < -0.4 is 5.32 Å². The molecule has 0 spiro atoms. The number of halogens is 3. The zero-order valence-corrected chi connectivity index (χ0v) is 13.4. The molecule has 2 rings (SSSR count). The molecule has 2 heterocycles. The molecule has 23 heavy (non-hydrogen) atoms. The molecule has 1 unspecified atom stereocenters. The second kappa shape index (κ2) is 7.23. The topological polar surface area (TPSA) is 50.2 Å². The quantitative estimate of drug-likeness (QED) is 0.917. The summed E-state index contributed by atoms with van der Waals surface area (Å²) < 4.78 is 37.7. The fraction of sp³-hybridized carbons (Fsp3) is 0.733. The minimum absolute atomic E-state index is 0.277. The summed E-state index contributed by atoms with van der Waals surface area (Å²) in [6, 6.07) is -0.277. The van der Waals surface area contributed by atoms with Crippen LogP contribution >= 0.6 is 0 Å². The number of carbonyl (C=O) groups is 1. The van der Waals surface area contributed by atoms with E-state index in [1.165, 1.54) is 12.4 Å². The summed E-state index contributed by atoms with van der Waals surface area (Å²) in [7, 11) is 0. The molecule has 1 N–H and O–H groups in total. The summed E-state index contributed by atoms with van der Waals surface area (Å²) in [5.74, 6) is 1.21. The lowest BCUT2D eigenvalue weighted by Crippen LogP contribution is -2.35. The van der Waals surface area contributed by atoms with Crippen molar-refractivity contribution in [2.75, 3.05) is 18.4 Å². The van der Waals surface area contributed by atoms with Gasteiger partial charge in [0, 0.05) is 19.3 Å². The molecule has 1 atom stereocenters. The third-order valence-corrected chi connectivity index (χ3v) is 4.23. The summed E-state index contributed by atoms with van der Waals surface area (Å²) >= 11 is 0. The van der Waals surface area contributed by atoms with Crippen molar-refractivity contribution >= 4 is 11.7 Å². The molecule has 1 aromatic heterocycles. The monoisotopic (exact) mass is 332 g/mol. The molecule has 1 saturated heterocycles. The van der Waals surface area contributed by atoms with Crippen molar-refractivity contribution in [1.29, 1.82) is 0 Å². The van der Waals surface area contributed by atoms with Crippen molar-refractivity contribution in [3.63, 3.8) is 0 Å². The predicted octanol–water partition coefficient (Wildman–Crippen LogP) is 3.74. The molecule has 1 fully saturated rings. The molecule has 0 radical (unpaired) electrons. The molecule has 0 aliphatic carbocycles. The number of alkyl halides is 3. The smallest absolute Gasteiger partial charge is 0.325 e. The van der Waals surface area contributed by atoms with Crippen LogP contribution in [0.2, 0.25) is 0 Å². The zero-order valence-electron chi connectivity index (χ0n) is 13.4. The SMILES string of the molecule is CC(C)C1CCCN(C(=O)Nc2cnn(CC(F)(F)F)c2)CC1. The van der Waals surface area contributed by atoms with Gasteiger partial charge in [0.05, 0.1) is 11.9 Å². The van der Waals surface area contributed by atoms with Crippen molar-refractivity contribution in [3.05, 3.63) is 12.4 Å². The molecular weight excluding hydrogens is 309 g/mol. The molecule has 8 heteroatoms. The van der Waals surface area contributed by atoms with Crippen LogP contribution in [0.15, 0.2) is 12.4 Å². The van der Waals surface area contributed by atoms with Crippen molar-refractivity contribution in [2.24, 2.45) is 11.8 Å². The Morgan fingerprint density at radius 1 is 1.39 bits per heavy atom. The van der Waals surface area contributed by atoms with Crippen LogP contribution in [0.4, 0.5) is 23.7 Å². The van der Waals surface area contributed by atoms with Crippen LogP contribution in [0.3, 0.4) is 0 Å². The van der Waals surface area contributed by atoms with Gasteiger partial charge < -0.3 is 10.2 Å². The Kier molecular flexibility index (Phi) is 5.54. The third-order valence-electron chi connectivity index (χ3n) is 4.23. The van der Waals surface area contributed by atoms with Crippen LogP contribution in [-0.4, -0.2) is 40.0 Å². The molecule has 0 aromatic carbocycles. The molecule has 130 valence electrons. The Labute approximate surface area is 133 Å². The number of likely N-dealkylation sites (tertiary alicyclic amines) is 1. The number of hydrogen-bond acceptors (Lipinski definition) is 2. The van der Waals surface area contributed by atoms with E-state index in [1.54, 1.807) is 4.90 Å². The number of nitrogens with zero attached hydrogens (tertiary/aromatic N) is 3. The first-order valence-electron chi connectivity index (χ1n) is 7.90. The van der Waals surface area contributed by atoms with Gasteiger partial charge >= 0.3 is 12.2 Å². The van der Waals surface area contributed by atoms with Crippen LogP contribution in [0.5, 0.6) is 0 Å². The van der Waals surface area contributed by atoms with Crippen LogP contribution in [0.25, 0.3) is 0 Å². The number of urea groups is 1. The normalized spacial score (nSPS) is 19.7. The number of carbonyl (C=O) groups excluding carboxylic acids is 1. The van der Waals surface area contributed by atoms with E-state index in [2.05, 4.69) is 24.3 Å². The predicted molar refractivity (Wildman–Crippen MR) is 81.1 cm³/mol. The lowest BCUT2D eigenvalue weighted by Gasteiger charge is -2.21. The average molecular weight is 332 g/mol. The molecule has 1 aliphatic rings. The first kappa shape index (κ1) is 17.6. The lowest BCUT2D eigenvalue weighted by atomic mass is 9.89. The molecule has 5 nitrogen and oxygen atoms in total. The van der Waals surface area contributed by atoms with Crippen molar-refractivity contribution in [3.8, 4) is 0 Å². The number of hydrogen-bond donors (Lipinski definition) is 1. The minimum Gasteiger partial charge on any atom is -0.325 e. The van der Waals surface area contributed by atoms with Gasteiger partial charge in [-0.1, -0.05) is 13.8 Å². The second-order valence-electron chi connectivity index (χ2n) is 6.39. The summed E-state index contributed by atoms with van der Waals surface area (Å²) in [6.07, 6.45) is 1.11. The molecule has 1 aromatic rings. The average Bonchev–Trinajstić information content (AvgIpc) is 2.72. The van der Waals surface area contributed by atoms with Gasteiger partial charge in [0.1, 0.15) is 6.54 Å². The van der Waals surface area contributed by atoms with E-state index in [1.807, 2.05) is 0 Å². The highest BCUT2D eigenvalue weighted by Crippen LogP contribution is 2.25.